The van der Waals surface area contributed by atoms with Crippen LogP contribution in [-0.2, 0) is 4.79 Å². The Morgan fingerprint density at radius 1 is 1.39 bits per heavy atom. The third kappa shape index (κ3) is 2.91. The van der Waals surface area contributed by atoms with E-state index in [1.54, 1.807) is 18.2 Å². The summed E-state index contributed by atoms with van der Waals surface area (Å²) in [4.78, 5) is 11.1. The smallest absolute Gasteiger partial charge is 0.317 e. The molecule has 0 amide bonds. The Morgan fingerprint density at radius 3 is 2.83 bits per heavy atom. The average molecular weight is 246 g/mol. The van der Waals surface area contributed by atoms with E-state index in [0.29, 0.717) is 11.5 Å². The van der Waals surface area contributed by atoms with Gasteiger partial charge in [0.1, 0.15) is 24.0 Å². The average Bonchev–Trinajstić information content (AvgIpc) is 2.82. The molecule has 0 saturated carbocycles. The van der Waals surface area contributed by atoms with E-state index in [4.69, 9.17) is 14.3 Å². The number of carbonyl (C=O) groups is 1. The van der Waals surface area contributed by atoms with Crippen LogP contribution in [0.5, 0.6) is 5.75 Å². The molecule has 0 aliphatic rings. The van der Waals surface area contributed by atoms with Crippen LogP contribution in [0.15, 0.2) is 47.1 Å². The molecule has 4 nitrogen and oxygen atoms in total. The topological polar surface area (TPSA) is 59.7 Å². The number of benzene rings is 1. The summed E-state index contributed by atoms with van der Waals surface area (Å²) < 4.78 is 10.6. The first-order valence-electron chi connectivity index (χ1n) is 5.62. The minimum atomic E-state index is -0.961. The van der Waals surface area contributed by atoms with Gasteiger partial charge >= 0.3 is 5.97 Å². The number of aryl methyl sites for hydroxylation is 1. The van der Waals surface area contributed by atoms with Gasteiger partial charge < -0.3 is 14.3 Å². The molecule has 0 aliphatic carbocycles. The number of furan rings is 1. The van der Waals surface area contributed by atoms with Crippen LogP contribution in [0.2, 0.25) is 0 Å². The molecule has 1 heterocycles. The van der Waals surface area contributed by atoms with Crippen LogP contribution < -0.4 is 4.74 Å². The number of carboxylic acid groups (broad SMARTS) is 1. The van der Waals surface area contributed by atoms with Gasteiger partial charge in [0.25, 0.3) is 0 Å². The Labute approximate surface area is 105 Å². The van der Waals surface area contributed by atoms with E-state index in [-0.39, 0.29) is 6.61 Å². The molecule has 2 rings (SSSR count). The van der Waals surface area contributed by atoms with Crippen LogP contribution in [0.3, 0.4) is 0 Å². The summed E-state index contributed by atoms with van der Waals surface area (Å²) in [5.74, 6) is -0.693. The first kappa shape index (κ1) is 12.2. The lowest BCUT2D eigenvalue weighted by Crippen LogP contribution is -2.18. The maximum absolute atomic E-state index is 11.1. The Kier molecular flexibility index (Phi) is 3.67. The molecule has 0 saturated heterocycles. The first-order valence-corrected chi connectivity index (χ1v) is 5.62. The largest absolute Gasteiger partial charge is 0.492 e. The Bertz CT molecular complexity index is 516. The van der Waals surface area contributed by atoms with Crippen LogP contribution in [-0.4, -0.2) is 17.7 Å². The molecule has 0 bridgehead atoms. The highest BCUT2D eigenvalue weighted by Gasteiger charge is 2.23. The molecule has 1 atom stereocenters. The fourth-order valence-corrected chi connectivity index (χ4v) is 1.65. The van der Waals surface area contributed by atoms with Crippen LogP contribution in [0.1, 0.15) is 17.2 Å². The van der Waals surface area contributed by atoms with Crippen molar-refractivity contribution in [3.8, 4) is 5.75 Å². The maximum Gasteiger partial charge on any atom is 0.317 e. The summed E-state index contributed by atoms with van der Waals surface area (Å²) in [7, 11) is 0. The Balaban J connectivity index is 2.05. The molecule has 4 heteroatoms. The first-order chi connectivity index (χ1) is 8.66. The highest BCUT2D eigenvalue weighted by Crippen LogP contribution is 2.20. The lowest BCUT2D eigenvalue weighted by atomic mass is 10.1. The Morgan fingerprint density at radius 2 is 2.22 bits per heavy atom. The summed E-state index contributed by atoms with van der Waals surface area (Å²) in [6.45, 7) is 2.00. The lowest BCUT2D eigenvalue weighted by Gasteiger charge is -2.12. The van der Waals surface area contributed by atoms with Gasteiger partial charge in [-0.3, -0.25) is 4.79 Å². The third-order valence-corrected chi connectivity index (χ3v) is 2.59. The van der Waals surface area contributed by atoms with Crippen LogP contribution >= 0.6 is 0 Å². The third-order valence-electron chi connectivity index (χ3n) is 2.59. The van der Waals surface area contributed by atoms with Crippen LogP contribution in [0, 0.1) is 6.92 Å². The fourth-order valence-electron chi connectivity index (χ4n) is 1.65. The number of hydrogen-bond acceptors (Lipinski definition) is 3. The van der Waals surface area contributed by atoms with E-state index in [0.717, 1.165) is 5.56 Å². The van der Waals surface area contributed by atoms with Gasteiger partial charge in [-0.05, 0) is 36.8 Å². The minimum Gasteiger partial charge on any atom is -0.492 e. The van der Waals surface area contributed by atoms with Gasteiger partial charge in [-0.1, -0.05) is 12.1 Å². The molecule has 0 aliphatic heterocycles. The van der Waals surface area contributed by atoms with E-state index < -0.39 is 11.9 Å². The standard InChI is InChI=1S/C14H14O4/c1-10-4-2-5-11(8-10)18-9-12(14(15)16)13-6-3-7-17-13/h2-8,12H,9H2,1H3,(H,15,16). The molecule has 0 spiro atoms. The number of carboxylic acids is 1. The van der Waals surface area contributed by atoms with Crippen molar-refractivity contribution in [2.75, 3.05) is 6.61 Å². The van der Waals surface area contributed by atoms with Gasteiger partial charge in [0.15, 0.2) is 0 Å². The number of ether oxygens (including phenoxy) is 1. The van der Waals surface area contributed by atoms with Crippen LogP contribution in [0.4, 0.5) is 0 Å². The molecule has 0 radical (unpaired) electrons. The van der Waals surface area contributed by atoms with E-state index in [2.05, 4.69) is 0 Å². The van der Waals surface area contributed by atoms with E-state index in [1.165, 1.54) is 6.26 Å². The molecular formula is C14H14O4. The normalized spacial score (nSPS) is 12.1. The van der Waals surface area contributed by atoms with Gasteiger partial charge in [-0.2, -0.15) is 0 Å². The number of aliphatic carboxylic acids is 1. The minimum absolute atomic E-state index is 0.0479. The summed E-state index contributed by atoms with van der Waals surface area (Å²) >= 11 is 0. The number of rotatable bonds is 5. The van der Waals surface area contributed by atoms with E-state index in [1.807, 2.05) is 25.1 Å². The summed E-state index contributed by atoms with van der Waals surface area (Å²) in [6.07, 6.45) is 1.46. The highest BCUT2D eigenvalue weighted by atomic mass is 16.5. The predicted octanol–water partition coefficient (Wildman–Crippen LogP) is 2.84. The highest BCUT2D eigenvalue weighted by molar-refractivity contribution is 5.75. The van der Waals surface area contributed by atoms with Crippen molar-refractivity contribution in [2.45, 2.75) is 12.8 Å². The quantitative estimate of drug-likeness (QED) is 0.881. The van der Waals surface area contributed by atoms with Gasteiger partial charge in [-0.15, -0.1) is 0 Å². The monoisotopic (exact) mass is 246 g/mol. The molecule has 1 aromatic heterocycles. The zero-order valence-electron chi connectivity index (χ0n) is 10.00. The van der Waals surface area contributed by atoms with Crippen molar-refractivity contribution in [1.29, 1.82) is 0 Å². The zero-order valence-corrected chi connectivity index (χ0v) is 10.00. The van der Waals surface area contributed by atoms with Crippen molar-refractivity contribution < 1.29 is 19.1 Å². The molecule has 1 aromatic carbocycles. The second-order valence-corrected chi connectivity index (χ2v) is 4.03. The summed E-state index contributed by atoms with van der Waals surface area (Å²) in [5, 5.41) is 9.14. The van der Waals surface area contributed by atoms with Crippen molar-refractivity contribution in [2.24, 2.45) is 0 Å². The maximum atomic E-state index is 11.1. The van der Waals surface area contributed by atoms with Gasteiger partial charge in [0, 0.05) is 0 Å². The summed E-state index contributed by atoms with van der Waals surface area (Å²) in [5.41, 5.74) is 1.07. The fraction of sp³-hybridized carbons (Fsp3) is 0.214. The SMILES string of the molecule is Cc1cccc(OCC(C(=O)O)c2ccco2)c1. The molecule has 94 valence electrons. The molecular weight excluding hydrogens is 232 g/mol. The van der Waals surface area contributed by atoms with Gasteiger partial charge in [-0.25, -0.2) is 0 Å². The molecule has 18 heavy (non-hydrogen) atoms. The van der Waals surface area contributed by atoms with Crippen molar-refractivity contribution in [3.63, 3.8) is 0 Å². The van der Waals surface area contributed by atoms with E-state index in [9.17, 15) is 4.79 Å². The summed E-state index contributed by atoms with van der Waals surface area (Å²) in [6, 6.07) is 10.8. The lowest BCUT2D eigenvalue weighted by molar-refractivity contribution is -0.140. The van der Waals surface area contributed by atoms with Gasteiger partial charge in [0.05, 0.1) is 6.26 Å². The van der Waals surface area contributed by atoms with Crippen molar-refractivity contribution in [1.82, 2.24) is 0 Å². The van der Waals surface area contributed by atoms with Crippen molar-refractivity contribution >= 4 is 5.97 Å². The number of hydrogen-bond donors (Lipinski definition) is 1. The second-order valence-electron chi connectivity index (χ2n) is 4.03. The second kappa shape index (κ2) is 5.40. The van der Waals surface area contributed by atoms with Gasteiger partial charge in [0.2, 0.25) is 0 Å². The van der Waals surface area contributed by atoms with Crippen LogP contribution in [0.25, 0.3) is 0 Å². The van der Waals surface area contributed by atoms with E-state index >= 15 is 0 Å². The zero-order chi connectivity index (χ0) is 13.0. The molecule has 0 fully saturated rings. The molecule has 1 N–H and O–H groups in total. The van der Waals surface area contributed by atoms with Crippen molar-refractivity contribution in [3.05, 3.63) is 54.0 Å². The predicted molar refractivity (Wildman–Crippen MR) is 65.8 cm³/mol. The molecule has 2 aromatic rings. The Hall–Kier alpha value is -2.23. The molecule has 1 unspecified atom stereocenters.